The highest BCUT2D eigenvalue weighted by molar-refractivity contribution is 7.80. The summed E-state index contributed by atoms with van der Waals surface area (Å²) in [6.45, 7) is 1.84. The van der Waals surface area contributed by atoms with Crippen LogP contribution in [0.3, 0.4) is 0 Å². The van der Waals surface area contributed by atoms with Crippen molar-refractivity contribution >= 4 is 33.3 Å². The van der Waals surface area contributed by atoms with Gasteiger partial charge in [-0.25, -0.2) is 8.42 Å². The van der Waals surface area contributed by atoms with Gasteiger partial charge in [-0.15, -0.1) is 10.2 Å². The molecular formula is C14H17N5O7S. The first-order valence-electron chi connectivity index (χ1n) is 7.26. The molecule has 2 aromatic rings. The molecule has 12 nitrogen and oxygen atoms in total. The molecule has 0 saturated heterocycles. The quantitative estimate of drug-likeness (QED) is 0.154. The Kier molecular flexibility index (Phi) is 7.83. The van der Waals surface area contributed by atoms with Crippen molar-refractivity contribution in [3.8, 4) is 0 Å². The van der Waals surface area contributed by atoms with Crippen molar-refractivity contribution in [2.24, 2.45) is 10.2 Å². The SMILES string of the molecule is CCN(CCOS(=O)(=O)[O-])c1ccc(N=Nc2ccno2)c([N+](=O)[O-])c1.[CH3+]. The fraction of sp³-hybridized carbons (Fsp3) is 0.286. The van der Waals surface area contributed by atoms with Gasteiger partial charge in [0.1, 0.15) is 0 Å². The van der Waals surface area contributed by atoms with Gasteiger partial charge in [0.05, 0.1) is 17.7 Å². The summed E-state index contributed by atoms with van der Waals surface area (Å²) in [7, 11) is -4.79. The monoisotopic (exact) mass is 399 g/mol. The molecule has 0 unspecified atom stereocenters. The summed E-state index contributed by atoms with van der Waals surface area (Å²) in [5.74, 6) is 0.0922. The first kappa shape index (κ1) is 22.0. The number of anilines is 1. The van der Waals surface area contributed by atoms with E-state index in [1.165, 1.54) is 24.4 Å². The Balaban J connectivity index is 0.00000364. The molecule has 1 heterocycles. The second kappa shape index (κ2) is 9.61. The Morgan fingerprint density at radius 2 is 2.07 bits per heavy atom. The molecule has 0 atom stereocenters. The van der Waals surface area contributed by atoms with Crippen molar-refractivity contribution in [1.82, 2.24) is 5.16 Å². The van der Waals surface area contributed by atoms with E-state index in [2.05, 4.69) is 19.6 Å². The Morgan fingerprint density at radius 1 is 1.33 bits per heavy atom. The van der Waals surface area contributed by atoms with Crippen molar-refractivity contribution < 1.29 is 26.6 Å². The highest BCUT2D eigenvalue weighted by atomic mass is 32.3. The van der Waals surface area contributed by atoms with E-state index in [-0.39, 0.29) is 37.8 Å². The molecule has 1 aromatic carbocycles. The minimum absolute atomic E-state index is 0. The average Bonchev–Trinajstić information content (AvgIpc) is 3.09. The van der Waals surface area contributed by atoms with E-state index < -0.39 is 15.3 Å². The minimum Gasteiger partial charge on any atom is -0.726 e. The number of nitro benzene ring substituents is 1. The normalized spacial score (nSPS) is 11.3. The van der Waals surface area contributed by atoms with Gasteiger partial charge in [-0.1, -0.05) is 5.16 Å². The molecule has 0 fully saturated rings. The zero-order chi connectivity index (χ0) is 19.2. The van der Waals surface area contributed by atoms with Crippen LogP contribution >= 0.6 is 0 Å². The molecule has 0 aliphatic carbocycles. The molecule has 1 aromatic heterocycles. The Hall–Kier alpha value is -3.03. The number of azo groups is 1. The molecule has 0 saturated carbocycles. The van der Waals surface area contributed by atoms with Crippen molar-refractivity contribution in [3.05, 3.63) is 48.0 Å². The first-order valence-corrected chi connectivity index (χ1v) is 8.59. The summed E-state index contributed by atoms with van der Waals surface area (Å²) in [6.07, 6.45) is 1.36. The lowest BCUT2D eigenvalue weighted by Gasteiger charge is -2.23. The van der Waals surface area contributed by atoms with E-state index in [9.17, 15) is 23.1 Å². The van der Waals surface area contributed by atoms with E-state index in [0.717, 1.165) is 0 Å². The predicted octanol–water partition coefficient (Wildman–Crippen LogP) is 2.75. The topological polar surface area (TPSA) is 164 Å². The third kappa shape index (κ3) is 6.65. The minimum atomic E-state index is -4.79. The maximum absolute atomic E-state index is 11.3. The number of hydrogen-bond donors (Lipinski definition) is 0. The molecule has 146 valence electrons. The highest BCUT2D eigenvalue weighted by Crippen LogP contribution is 2.33. The van der Waals surface area contributed by atoms with Crippen LogP contribution in [0, 0.1) is 17.5 Å². The number of benzene rings is 1. The van der Waals surface area contributed by atoms with Crippen LogP contribution < -0.4 is 4.90 Å². The number of nitro groups is 1. The van der Waals surface area contributed by atoms with Crippen molar-refractivity contribution in [2.45, 2.75) is 6.92 Å². The third-order valence-electron chi connectivity index (χ3n) is 3.17. The first-order chi connectivity index (χ1) is 12.3. The molecule has 0 radical (unpaired) electrons. The molecule has 0 bridgehead atoms. The van der Waals surface area contributed by atoms with E-state index in [4.69, 9.17) is 4.52 Å². The summed E-state index contributed by atoms with van der Waals surface area (Å²) in [5, 5.41) is 22.2. The maximum Gasteiger partial charge on any atom is 0.298 e. The van der Waals surface area contributed by atoms with E-state index >= 15 is 0 Å². The van der Waals surface area contributed by atoms with Gasteiger partial charge in [-0.2, -0.15) is 0 Å². The van der Waals surface area contributed by atoms with Gasteiger partial charge in [0.25, 0.3) is 11.6 Å². The van der Waals surface area contributed by atoms with Crippen LogP contribution in [0.5, 0.6) is 0 Å². The summed E-state index contributed by atoms with van der Waals surface area (Å²) in [4.78, 5) is 12.3. The second-order valence-electron chi connectivity index (χ2n) is 4.79. The molecule has 0 spiro atoms. The Bertz CT molecular complexity index is 883. The molecule has 0 amide bonds. The zero-order valence-corrected chi connectivity index (χ0v) is 15.3. The van der Waals surface area contributed by atoms with E-state index in [1.54, 1.807) is 17.9 Å². The molecule has 0 aliphatic heterocycles. The van der Waals surface area contributed by atoms with E-state index in [1.807, 2.05) is 0 Å². The number of aromatic nitrogens is 1. The average molecular weight is 399 g/mol. The lowest BCUT2D eigenvalue weighted by molar-refractivity contribution is -0.384. The second-order valence-corrected chi connectivity index (χ2v) is 5.84. The molecule has 0 aliphatic rings. The van der Waals surface area contributed by atoms with Gasteiger partial charge in [0.15, 0.2) is 5.69 Å². The molecule has 13 heteroatoms. The molecule has 27 heavy (non-hydrogen) atoms. The summed E-state index contributed by atoms with van der Waals surface area (Å²) in [6, 6.07) is 5.65. The molecule has 2 rings (SSSR count). The standard InChI is InChI=1S/C13H15N5O7S.CH3/c1-2-17(7-8-24-26(21,22)23)10-3-4-11(12(9-10)18(19)20)15-16-13-5-6-14-25-13;/h3-6,9H,2,7-8H2,1H3,(H,21,22,23);1H3/q;+1/p-1. The van der Waals surface area contributed by atoms with Crippen LogP contribution in [-0.2, 0) is 14.6 Å². The molecule has 0 N–H and O–H groups in total. The lowest BCUT2D eigenvalue weighted by Crippen LogP contribution is -2.28. The van der Waals surface area contributed by atoms with Gasteiger partial charge < -0.3 is 14.0 Å². The van der Waals surface area contributed by atoms with Gasteiger partial charge in [0.2, 0.25) is 10.4 Å². The lowest BCUT2D eigenvalue weighted by atomic mass is 10.2. The van der Waals surface area contributed by atoms with Crippen LogP contribution in [0.15, 0.2) is 45.2 Å². The predicted molar refractivity (Wildman–Crippen MR) is 93.7 cm³/mol. The fourth-order valence-corrected chi connectivity index (χ4v) is 2.30. The van der Waals surface area contributed by atoms with Gasteiger partial charge in [-0.3, -0.25) is 14.3 Å². The maximum atomic E-state index is 11.3. The van der Waals surface area contributed by atoms with Crippen molar-refractivity contribution in [1.29, 1.82) is 0 Å². The van der Waals surface area contributed by atoms with Crippen LogP contribution in [0.25, 0.3) is 0 Å². The number of nitrogens with zero attached hydrogens (tertiary/aromatic N) is 5. The van der Waals surface area contributed by atoms with Gasteiger partial charge in [0, 0.05) is 38.3 Å². The van der Waals surface area contributed by atoms with Crippen LogP contribution in [0.2, 0.25) is 0 Å². The Morgan fingerprint density at radius 3 is 2.63 bits per heavy atom. The fourth-order valence-electron chi connectivity index (χ4n) is 2.02. The molecular weight excluding hydrogens is 382 g/mol. The smallest absolute Gasteiger partial charge is 0.298 e. The number of likely N-dealkylation sites (N-methyl/N-ethyl adjacent to an activating group) is 1. The van der Waals surface area contributed by atoms with Gasteiger partial charge in [-0.05, 0) is 19.1 Å². The van der Waals surface area contributed by atoms with Crippen molar-refractivity contribution in [2.75, 3.05) is 24.6 Å². The van der Waals surface area contributed by atoms with Crippen molar-refractivity contribution in [3.63, 3.8) is 0 Å². The van der Waals surface area contributed by atoms with Gasteiger partial charge >= 0.3 is 0 Å². The summed E-state index contributed by atoms with van der Waals surface area (Å²) >= 11 is 0. The Labute approximate surface area is 155 Å². The van der Waals surface area contributed by atoms with E-state index in [0.29, 0.717) is 12.2 Å². The van der Waals surface area contributed by atoms with Crippen LogP contribution in [0.1, 0.15) is 6.92 Å². The summed E-state index contributed by atoms with van der Waals surface area (Å²) in [5.41, 5.74) is 0.135. The highest BCUT2D eigenvalue weighted by Gasteiger charge is 2.17. The van der Waals surface area contributed by atoms with Crippen LogP contribution in [-0.4, -0.2) is 42.7 Å². The summed E-state index contributed by atoms with van der Waals surface area (Å²) < 4.78 is 40.3. The largest absolute Gasteiger partial charge is 0.726 e. The van der Waals surface area contributed by atoms with Crippen LogP contribution in [0.4, 0.5) is 22.9 Å². The zero-order valence-electron chi connectivity index (χ0n) is 14.5. The number of rotatable bonds is 9. The third-order valence-corrected chi connectivity index (χ3v) is 3.63. The number of hydrogen-bond acceptors (Lipinski definition) is 11.